The van der Waals surface area contributed by atoms with Crippen LogP contribution in [0.25, 0.3) is 0 Å². The Hall–Kier alpha value is -4.83. The van der Waals surface area contributed by atoms with Crippen LogP contribution in [0.5, 0.6) is 11.5 Å². The average Bonchev–Trinajstić information content (AvgIpc) is 2.75. The van der Waals surface area contributed by atoms with Gasteiger partial charge >= 0.3 is 0 Å². The average molecular weight is 414 g/mol. The number of nitriles is 2. The van der Waals surface area contributed by atoms with Gasteiger partial charge in [-0.1, -0.05) is 30.3 Å². The van der Waals surface area contributed by atoms with Crippen LogP contribution in [0, 0.1) is 28.6 Å². The summed E-state index contributed by atoms with van der Waals surface area (Å²) in [4.78, 5) is 8.72. The summed E-state index contributed by atoms with van der Waals surface area (Å²) < 4.78 is 20.0. The molecule has 6 N–H and O–H groups in total. The number of hydrogen-bond donors (Lipinski definition) is 4. The molecule has 31 heavy (non-hydrogen) atoms. The van der Waals surface area contributed by atoms with Gasteiger partial charge in [0.1, 0.15) is 35.1 Å². The van der Waals surface area contributed by atoms with Gasteiger partial charge in [0, 0.05) is 11.1 Å². The third-order valence-corrected chi connectivity index (χ3v) is 4.63. The summed E-state index contributed by atoms with van der Waals surface area (Å²) in [6, 6.07) is 14.0. The monoisotopic (exact) mass is 414 g/mol. The molecule has 3 aromatic rings. The highest BCUT2D eigenvalue weighted by Gasteiger charge is 2.31. The quantitative estimate of drug-likeness (QED) is 0.376. The van der Waals surface area contributed by atoms with Gasteiger partial charge < -0.3 is 21.5 Å². The van der Waals surface area contributed by atoms with Crippen molar-refractivity contribution in [3.63, 3.8) is 0 Å². The van der Waals surface area contributed by atoms with E-state index in [1.807, 2.05) is 6.07 Å². The Bertz CT molecular complexity index is 1290. The molecule has 1 aliphatic rings. The lowest BCUT2D eigenvalue weighted by Crippen LogP contribution is -2.32. The molecule has 1 aliphatic heterocycles. The summed E-state index contributed by atoms with van der Waals surface area (Å²) in [6.07, 6.45) is 1.79. The number of nitrogens with zero attached hydrogens (tertiary/aromatic N) is 4. The number of nitrogens with one attached hydrogen (secondary N) is 2. The number of nitrogen functional groups attached to an aromatic ring is 2. The molecule has 0 bridgehead atoms. The van der Waals surface area contributed by atoms with Crippen molar-refractivity contribution in [1.82, 2.24) is 10.3 Å². The molecular formula is C21H15FN8O. The van der Waals surface area contributed by atoms with Crippen LogP contribution in [-0.4, -0.2) is 10.9 Å². The number of pyridine rings is 1. The van der Waals surface area contributed by atoms with Crippen molar-refractivity contribution < 1.29 is 9.13 Å². The predicted molar refractivity (Wildman–Crippen MR) is 112 cm³/mol. The zero-order valence-electron chi connectivity index (χ0n) is 15.9. The van der Waals surface area contributed by atoms with E-state index >= 15 is 0 Å². The number of guanidine groups is 1. The molecule has 0 spiro atoms. The molecule has 10 heteroatoms. The number of hydrogen-bond acceptors (Lipinski definition) is 9. The van der Waals surface area contributed by atoms with Crippen LogP contribution >= 0.6 is 0 Å². The minimum absolute atomic E-state index is 0.0185. The Balaban J connectivity index is 1.90. The minimum Gasteiger partial charge on any atom is -0.454 e. The van der Waals surface area contributed by atoms with Gasteiger partial charge in [-0.05, 0) is 18.2 Å². The molecule has 0 fully saturated rings. The van der Waals surface area contributed by atoms with Crippen LogP contribution < -0.4 is 26.8 Å². The first kappa shape index (κ1) is 19.5. The van der Waals surface area contributed by atoms with Crippen LogP contribution in [0.15, 0.2) is 53.5 Å². The zero-order chi connectivity index (χ0) is 22.0. The molecule has 2 aromatic carbocycles. The number of rotatable bonds is 3. The minimum atomic E-state index is -0.810. The highest BCUT2D eigenvalue weighted by Crippen LogP contribution is 2.43. The van der Waals surface area contributed by atoms with E-state index < -0.39 is 11.9 Å². The molecule has 0 radical (unpaired) electrons. The second-order valence-corrected chi connectivity index (χ2v) is 6.47. The lowest BCUT2D eigenvalue weighted by atomic mass is 9.94. The molecule has 1 atom stereocenters. The normalized spacial score (nSPS) is 14.3. The molecule has 2 heterocycles. The first-order chi connectivity index (χ1) is 15.0. The first-order valence-corrected chi connectivity index (χ1v) is 9.03. The van der Waals surface area contributed by atoms with Crippen molar-refractivity contribution in [3.05, 3.63) is 71.0 Å². The fourth-order valence-electron chi connectivity index (χ4n) is 3.25. The number of ether oxygens (including phenoxy) is 1. The van der Waals surface area contributed by atoms with Crippen molar-refractivity contribution in [2.24, 2.45) is 4.99 Å². The lowest BCUT2D eigenvalue weighted by molar-refractivity contribution is 0.436. The maximum absolute atomic E-state index is 14.2. The number of para-hydroxylation sites is 2. The van der Waals surface area contributed by atoms with Gasteiger partial charge in [-0.2, -0.15) is 10.5 Å². The molecule has 152 valence electrons. The predicted octanol–water partition coefficient (Wildman–Crippen LogP) is 2.99. The maximum Gasteiger partial charge on any atom is 0.211 e. The summed E-state index contributed by atoms with van der Waals surface area (Å²) in [5.41, 5.74) is 13.1. The van der Waals surface area contributed by atoms with E-state index in [4.69, 9.17) is 21.5 Å². The number of nitrogens with two attached hydrogens (primary N) is 2. The topological polar surface area (TPSA) is 158 Å². The van der Waals surface area contributed by atoms with Gasteiger partial charge in [0.15, 0.2) is 17.8 Å². The van der Waals surface area contributed by atoms with Crippen molar-refractivity contribution >= 4 is 23.3 Å². The van der Waals surface area contributed by atoms with Gasteiger partial charge in [0.25, 0.3) is 0 Å². The molecule has 0 amide bonds. The highest BCUT2D eigenvalue weighted by molar-refractivity contribution is 5.98. The van der Waals surface area contributed by atoms with E-state index in [1.54, 1.807) is 42.6 Å². The molecule has 1 unspecified atom stereocenters. The smallest absolute Gasteiger partial charge is 0.211 e. The van der Waals surface area contributed by atoms with Gasteiger partial charge in [0.05, 0.1) is 5.69 Å². The first-order valence-electron chi connectivity index (χ1n) is 9.03. The second-order valence-electron chi connectivity index (χ2n) is 6.47. The molecule has 4 rings (SSSR count). The van der Waals surface area contributed by atoms with Crippen molar-refractivity contribution in [2.45, 2.75) is 6.04 Å². The third kappa shape index (κ3) is 3.50. The Kier molecular flexibility index (Phi) is 4.96. The molecule has 0 saturated carbocycles. The largest absolute Gasteiger partial charge is 0.454 e. The third-order valence-electron chi connectivity index (χ3n) is 4.63. The Morgan fingerprint density at radius 3 is 2.48 bits per heavy atom. The number of benzene rings is 2. The van der Waals surface area contributed by atoms with E-state index in [0.717, 1.165) is 0 Å². The molecule has 1 aromatic heterocycles. The number of halogens is 1. The lowest BCUT2D eigenvalue weighted by Gasteiger charge is -2.27. The van der Waals surface area contributed by atoms with Crippen molar-refractivity contribution in [2.75, 3.05) is 16.8 Å². The summed E-state index contributed by atoms with van der Waals surface area (Å²) in [5, 5.41) is 23.8. The van der Waals surface area contributed by atoms with Gasteiger partial charge in [0.2, 0.25) is 5.96 Å². The van der Waals surface area contributed by atoms with E-state index in [2.05, 4.69) is 20.6 Å². The van der Waals surface area contributed by atoms with E-state index in [1.165, 1.54) is 12.1 Å². The fraction of sp³-hybridized carbons (Fsp3) is 0.0476. The SMILES string of the molecule is N#CNC1=NC(c2ccccc2Oc2ccccc2F)c2c(nc(N)c(C#N)c2N)N1. The molecule has 9 nitrogen and oxygen atoms in total. The summed E-state index contributed by atoms with van der Waals surface area (Å²) in [5.74, 6) is 0.118. The number of fused-ring (bicyclic) bond motifs is 1. The molecule has 0 saturated heterocycles. The molecule has 0 aliphatic carbocycles. The van der Waals surface area contributed by atoms with Crippen LogP contribution in [0.3, 0.4) is 0 Å². The Labute approximate surface area is 176 Å². The van der Waals surface area contributed by atoms with Crippen molar-refractivity contribution in [3.8, 4) is 23.8 Å². The van der Waals surface area contributed by atoms with Crippen molar-refractivity contribution in [1.29, 1.82) is 10.5 Å². The summed E-state index contributed by atoms with van der Waals surface area (Å²) >= 11 is 0. The fourth-order valence-corrected chi connectivity index (χ4v) is 3.25. The summed E-state index contributed by atoms with van der Waals surface area (Å²) in [7, 11) is 0. The van der Waals surface area contributed by atoms with Gasteiger partial charge in [-0.25, -0.2) is 14.4 Å². The van der Waals surface area contributed by atoms with E-state index in [0.29, 0.717) is 16.9 Å². The maximum atomic E-state index is 14.2. The summed E-state index contributed by atoms with van der Waals surface area (Å²) in [6.45, 7) is 0. The number of aromatic nitrogens is 1. The van der Waals surface area contributed by atoms with Crippen LogP contribution in [0.1, 0.15) is 22.7 Å². The Morgan fingerprint density at radius 1 is 1.06 bits per heavy atom. The van der Waals surface area contributed by atoms with Crippen LogP contribution in [-0.2, 0) is 0 Å². The second kappa shape index (κ2) is 7.89. The van der Waals surface area contributed by atoms with E-state index in [-0.39, 0.29) is 34.6 Å². The van der Waals surface area contributed by atoms with Gasteiger partial charge in [-0.3, -0.25) is 5.32 Å². The standard InChI is InChI=1S/C21H15FN8O/c22-13-6-2-4-8-15(13)31-14-7-3-1-5-11(14)18-16-17(25)12(9-23)19(26)29-20(16)30-21(28-18)27-10-24/h1-8,18H,(H6,25,26,27,28,29,30). The van der Waals surface area contributed by atoms with Gasteiger partial charge in [-0.15, -0.1) is 0 Å². The number of aliphatic imine (C=N–C) groups is 1. The highest BCUT2D eigenvalue weighted by atomic mass is 19.1. The van der Waals surface area contributed by atoms with Crippen LogP contribution in [0.4, 0.5) is 21.7 Å². The van der Waals surface area contributed by atoms with Crippen LogP contribution in [0.2, 0.25) is 0 Å². The Morgan fingerprint density at radius 2 is 1.77 bits per heavy atom. The zero-order valence-corrected chi connectivity index (χ0v) is 15.9. The molecular weight excluding hydrogens is 399 g/mol. The number of anilines is 3. The van der Waals surface area contributed by atoms with E-state index in [9.17, 15) is 9.65 Å².